The molecule has 1 fully saturated rings. The van der Waals surface area contributed by atoms with Crippen LogP contribution < -0.4 is 10.0 Å². The van der Waals surface area contributed by atoms with Crippen molar-refractivity contribution in [3.8, 4) is 0 Å². The monoisotopic (exact) mass is 496 g/mol. The maximum absolute atomic E-state index is 13.0. The van der Waals surface area contributed by atoms with E-state index in [1.54, 1.807) is 24.3 Å². The molecule has 4 rings (SSSR count). The van der Waals surface area contributed by atoms with Crippen molar-refractivity contribution >= 4 is 39.3 Å². The first-order valence-electron chi connectivity index (χ1n) is 12.3. The summed E-state index contributed by atoms with van der Waals surface area (Å²) < 4.78 is 24.0. The summed E-state index contributed by atoms with van der Waals surface area (Å²) in [6.07, 6.45) is 2.14. The van der Waals surface area contributed by atoms with Crippen LogP contribution in [-0.2, 0) is 32.5 Å². The van der Waals surface area contributed by atoms with Gasteiger partial charge in [-0.25, -0.2) is 9.19 Å². The van der Waals surface area contributed by atoms with Crippen molar-refractivity contribution in [3.05, 3.63) is 48.3 Å². The minimum Gasteiger partial charge on any atom is -0.381 e. The molecule has 1 aromatic heterocycles. The second-order valence-electron chi connectivity index (χ2n) is 10.6. The number of fused-ring (bicyclic) bond motifs is 1. The summed E-state index contributed by atoms with van der Waals surface area (Å²) in [5.74, 6) is 1.51. The summed E-state index contributed by atoms with van der Waals surface area (Å²) in [5.41, 5.74) is 3.35. The molecule has 35 heavy (non-hydrogen) atoms. The van der Waals surface area contributed by atoms with Crippen LogP contribution in [0.3, 0.4) is 0 Å². The molecule has 8 heteroatoms. The lowest BCUT2D eigenvalue weighted by molar-refractivity contribution is -0.118. The van der Waals surface area contributed by atoms with E-state index in [4.69, 9.17) is 9.72 Å². The fourth-order valence-electron chi connectivity index (χ4n) is 4.25. The van der Waals surface area contributed by atoms with E-state index in [9.17, 15) is 9.00 Å². The van der Waals surface area contributed by atoms with E-state index in [0.717, 1.165) is 55.1 Å². The Morgan fingerprint density at radius 1 is 1.11 bits per heavy atom. The number of aromatic nitrogens is 2. The van der Waals surface area contributed by atoms with Gasteiger partial charge in [0.2, 0.25) is 5.91 Å². The molecule has 1 amide bonds. The zero-order valence-electron chi connectivity index (χ0n) is 21.3. The van der Waals surface area contributed by atoms with E-state index in [1.165, 1.54) is 0 Å². The van der Waals surface area contributed by atoms with Crippen LogP contribution in [0.2, 0.25) is 0 Å². The van der Waals surface area contributed by atoms with Gasteiger partial charge in [0.05, 0.1) is 15.9 Å². The molecule has 1 aliphatic heterocycles. The second kappa shape index (κ2) is 10.5. The molecule has 0 spiro atoms. The molecule has 0 radical (unpaired) electrons. The third-order valence-electron chi connectivity index (χ3n) is 6.27. The quantitative estimate of drug-likeness (QED) is 0.453. The number of nitrogens with one attached hydrogen (secondary N) is 2. The van der Waals surface area contributed by atoms with E-state index in [1.807, 2.05) is 26.0 Å². The highest BCUT2D eigenvalue weighted by atomic mass is 32.2. The summed E-state index contributed by atoms with van der Waals surface area (Å²) in [4.78, 5) is 17.5. The molecule has 188 valence electrons. The van der Waals surface area contributed by atoms with E-state index in [0.29, 0.717) is 16.5 Å². The van der Waals surface area contributed by atoms with Crippen LogP contribution in [-0.4, -0.2) is 32.9 Å². The number of amides is 1. The van der Waals surface area contributed by atoms with Gasteiger partial charge in [0.1, 0.15) is 16.8 Å². The van der Waals surface area contributed by atoms with E-state index < -0.39 is 11.0 Å². The second-order valence-corrected chi connectivity index (χ2v) is 11.8. The molecule has 7 nitrogen and oxygen atoms in total. The summed E-state index contributed by atoms with van der Waals surface area (Å²) in [6, 6.07) is 13.1. The van der Waals surface area contributed by atoms with Gasteiger partial charge < -0.3 is 19.3 Å². The van der Waals surface area contributed by atoms with Gasteiger partial charge in [-0.15, -0.1) is 0 Å². The van der Waals surface area contributed by atoms with Gasteiger partial charge in [0.25, 0.3) is 0 Å². The maximum Gasteiger partial charge on any atom is 0.226 e. The summed E-state index contributed by atoms with van der Waals surface area (Å²) in [6.45, 7) is 12.9. The molecule has 1 aliphatic rings. The largest absolute Gasteiger partial charge is 0.381 e. The van der Waals surface area contributed by atoms with E-state index >= 15 is 0 Å². The van der Waals surface area contributed by atoms with E-state index in [2.05, 4.69) is 41.4 Å². The molecule has 0 aliphatic carbocycles. The predicted molar refractivity (Wildman–Crippen MR) is 142 cm³/mol. The third-order valence-corrected chi connectivity index (χ3v) is 7.39. The van der Waals surface area contributed by atoms with Crippen molar-refractivity contribution in [3.63, 3.8) is 0 Å². The summed E-state index contributed by atoms with van der Waals surface area (Å²) in [5, 5.41) is 2.85. The van der Waals surface area contributed by atoms with Gasteiger partial charge in [-0.3, -0.25) is 4.79 Å². The normalized spacial score (nSPS) is 15.9. The number of benzene rings is 2. The Bertz CT molecular complexity index is 1210. The van der Waals surface area contributed by atoms with Crippen LogP contribution >= 0.6 is 0 Å². The Morgan fingerprint density at radius 3 is 2.40 bits per heavy atom. The number of carbonyl (C=O) groups excluding carboxylic acids is 1. The molecule has 2 N–H and O–H groups in total. The summed E-state index contributed by atoms with van der Waals surface area (Å²) in [7, 11) is -1.44. The number of hydrogen-bond donors (Lipinski definition) is 2. The molecule has 1 saturated heterocycles. The average Bonchev–Trinajstić information content (AvgIpc) is 3.18. The average molecular weight is 497 g/mol. The van der Waals surface area contributed by atoms with Gasteiger partial charge in [-0.1, -0.05) is 34.6 Å². The number of carbonyl (C=O) groups is 1. The highest BCUT2D eigenvalue weighted by Crippen LogP contribution is 2.30. The predicted octanol–water partition coefficient (Wildman–Crippen LogP) is 5.49. The van der Waals surface area contributed by atoms with Crippen LogP contribution in [0.5, 0.6) is 0 Å². The Morgan fingerprint density at radius 2 is 1.77 bits per heavy atom. The lowest BCUT2D eigenvalue weighted by Crippen LogP contribution is -2.25. The summed E-state index contributed by atoms with van der Waals surface area (Å²) >= 11 is 0. The standard InChI is InChI=1S/C27H36N4O3S/c1-18(2)25(32)28-20-6-9-22(10-7-20)35(33)30-21-8-11-24-23(16-21)29-26(27(3,4)5)31(24)17-19-12-14-34-15-13-19/h6-11,16,18-19,30H,12-15,17H2,1-5H3,(H,28,32). The fraction of sp³-hybridized carbons (Fsp3) is 0.481. The first-order valence-corrected chi connectivity index (χ1v) is 13.4. The topological polar surface area (TPSA) is 85.3 Å². The van der Waals surface area contributed by atoms with Crippen molar-refractivity contribution < 1.29 is 13.7 Å². The third kappa shape index (κ3) is 6.11. The Balaban J connectivity index is 1.53. The first-order chi connectivity index (χ1) is 16.6. The molecular weight excluding hydrogens is 460 g/mol. The SMILES string of the molecule is CC(C)C(=O)Nc1ccc(S(=O)Nc2ccc3c(c2)nc(C(C)(C)C)n3CC2CCOCC2)cc1. The van der Waals surface area contributed by atoms with Crippen molar-refractivity contribution in [2.24, 2.45) is 11.8 Å². The minimum absolute atomic E-state index is 0.0452. The molecule has 3 aromatic rings. The van der Waals surface area contributed by atoms with Crippen LogP contribution in [0.25, 0.3) is 11.0 Å². The van der Waals surface area contributed by atoms with Crippen molar-refractivity contribution in [2.75, 3.05) is 23.3 Å². The Kier molecular flexibility index (Phi) is 7.62. The van der Waals surface area contributed by atoms with Crippen LogP contribution in [0, 0.1) is 11.8 Å². The minimum atomic E-state index is -1.44. The lowest BCUT2D eigenvalue weighted by atomic mass is 9.94. The highest BCUT2D eigenvalue weighted by molar-refractivity contribution is 7.86. The molecule has 1 unspecified atom stereocenters. The molecule has 2 aromatic carbocycles. The van der Waals surface area contributed by atoms with Crippen LogP contribution in [0.1, 0.15) is 53.3 Å². The smallest absolute Gasteiger partial charge is 0.226 e. The van der Waals surface area contributed by atoms with Crippen LogP contribution in [0.15, 0.2) is 47.4 Å². The van der Waals surface area contributed by atoms with Crippen molar-refractivity contribution in [1.29, 1.82) is 0 Å². The van der Waals surface area contributed by atoms with Crippen LogP contribution in [0.4, 0.5) is 11.4 Å². The number of hydrogen-bond acceptors (Lipinski definition) is 4. The number of imidazole rings is 1. The number of ether oxygens (including phenoxy) is 1. The lowest BCUT2D eigenvalue weighted by Gasteiger charge is -2.26. The van der Waals surface area contributed by atoms with E-state index in [-0.39, 0.29) is 17.2 Å². The number of nitrogens with zero attached hydrogens (tertiary/aromatic N) is 2. The molecule has 2 heterocycles. The van der Waals surface area contributed by atoms with Gasteiger partial charge in [0, 0.05) is 42.5 Å². The number of anilines is 2. The molecule has 0 saturated carbocycles. The fourth-order valence-corrected chi connectivity index (χ4v) is 5.09. The zero-order valence-corrected chi connectivity index (χ0v) is 22.1. The molecule has 0 bridgehead atoms. The van der Waals surface area contributed by atoms with Crippen molar-refractivity contribution in [1.82, 2.24) is 9.55 Å². The highest BCUT2D eigenvalue weighted by Gasteiger charge is 2.25. The van der Waals surface area contributed by atoms with Gasteiger partial charge in [-0.05, 0) is 61.2 Å². The molecule has 1 atom stereocenters. The Labute approximate surface area is 210 Å². The van der Waals surface area contributed by atoms with Crippen molar-refractivity contribution in [2.45, 2.75) is 64.3 Å². The van der Waals surface area contributed by atoms with Gasteiger partial charge in [-0.2, -0.15) is 0 Å². The zero-order chi connectivity index (χ0) is 25.2. The maximum atomic E-state index is 13.0. The Hall–Kier alpha value is -2.71. The molecular formula is C27H36N4O3S. The van der Waals surface area contributed by atoms with Gasteiger partial charge in [0.15, 0.2) is 0 Å². The first kappa shape index (κ1) is 25.4. The number of rotatable bonds is 7. The van der Waals surface area contributed by atoms with Gasteiger partial charge >= 0.3 is 0 Å².